The van der Waals surface area contributed by atoms with Crippen molar-refractivity contribution in [2.75, 3.05) is 26.7 Å². The maximum Gasteiger partial charge on any atom is 0.416 e. The second-order valence-electron chi connectivity index (χ2n) is 4.66. The van der Waals surface area contributed by atoms with Gasteiger partial charge in [-0.3, -0.25) is 0 Å². The first-order chi connectivity index (χ1) is 9.82. The molecule has 4 nitrogen and oxygen atoms in total. The van der Waals surface area contributed by atoms with Crippen LogP contribution in [0.1, 0.15) is 12.0 Å². The monoisotopic (exact) mass is 302 g/mol. The van der Waals surface area contributed by atoms with E-state index in [9.17, 15) is 18.3 Å². The highest BCUT2D eigenvalue weighted by Crippen LogP contribution is 2.31. The van der Waals surface area contributed by atoms with Crippen molar-refractivity contribution in [3.63, 3.8) is 0 Å². The number of nitrogens with zero attached hydrogens (tertiary/aromatic N) is 2. The van der Waals surface area contributed by atoms with Crippen molar-refractivity contribution in [1.82, 2.24) is 4.90 Å². The summed E-state index contributed by atoms with van der Waals surface area (Å²) in [6.07, 6.45) is -4.92. The maximum absolute atomic E-state index is 12.5. The fourth-order valence-corrected chi connectivity index (χ4v) is 1.70. The van der Waals surface area contributed by atoms with Crippen LogP contribution in [0.4, 0.5) is 13.2 Å². The molecule has 0 aliphatic heterocycles. The van der Waals surface area contributed by atoms with Crippen molar-refractivity contribution in [2.45, 2.75) is 18.7 Å². The molecule has 1 aromatic rings. The molecule has 116 valence electrons. The molecule has 0 saturated carbocycles. The molecule has 0 saturated heterocycles. The van der Waals surface area contributed by atoms with Gasteiger partial charge in [0.15, 0.2) is 0 Å². The minimum atomic E-state index is -4.42. The molecule has 0 fully saturated rings. The smallest absolute Gasteiger partial charge is 0.416 e. The highest BCUT2D eigenvalue weighted by atomic mass is 19.4. The van der Waals surface area contributed by atoms with Gasteiger partial charge in [-0.05, 0) is 25.2 Å². The van der Waals surface area contributed by atoms with Crippen LogP contribution in [0.2, 0.25) is 0 Å². The first-order valence-corrected chi connectivity index (χ1v) is 6.36. The van der Waals surface area contributed by atoms with Gasteiger partial charge in [-0.25, -0.2) is 0 Å². The summed E-state index contributed by atoms with van der Waals surface area (Å²) >= 11 is 0. The summed E-state index contributed by atoms with van der Waals surface area (Å²) in [5.74, 6) is 0.0588. The molecule has 0 bridgehead atoms. The number of hydrogen-bond donors (Lipinski definition) is 1. The number of rotatable bonds is 7. The molecule has 0 aliphatic rings. The third kappa shape index (κ3) is 6.47. The molecule has 0 radical (unpaired) electrons. The van der Waals surface area contributed by atoms with Crippen molar-refractivity contribution in [3.05, 3.63) is 29.8 Å². The van der Waals surface area contributed by atoms with Crippen molar-refractivity contribution >= 4 is 0 Å². The predicted octanol–water partition coefficient (Wildman–Crippen LogP) is 2.29. The maximum atomic E-state index is 12.5. The Hall–Kier alpha value is -1.78. The van der Waals surface area contributed by atoms with Gasteiger partial charge in [0.1, 0.15) is 18.5 Å². The van der Waals surface area contributed by atoms with Crippen LogP contribution in [0.25, 0.3) is 0 Å². The Morgan fingerprint density at radius 1 is 1.43 bits per heavy atom. The molecule has 21 heavy (non-hydrogen) atoms. The lowest BCUT2D eigenvalue weighted by Crippen LogP contribution is -2.33. The molecule has 1 unspecified atom stereocenters. The molecule has 1 rings (SSSR count). The van der Waals surface area contributed by atoms with Crippen LogP contribution in [0, 0.1) is 11.3 Å². The van der Waals surface area contributed by atoms with E-state index in [2.05, 4.69) is 0 Å². The second-order valence-corrected chi connectivity index (χ2v) is 4.66. The Morgan fingerprint density at radius 2 is 2.14 bits per heavy atom. The molecule has 0 amide bonds. The zero-order chi connectivity index (χ0) is 15.9. The minimum absolute atomic E-state index is 0.0588. The van der Waals surface area contributed by atoms with Crippen LogP contribution in [0.15, 0.2) is 24.3 Å². The van der Waals surface area contributed by atoms with Gasteiger partial charge in [0, 0.05) is 19.5 Å². The number of aliphatic hydroxyl groups excluding tert-OH is 1. The molecule has 0 aliphatic carbocycles. The van der Waals surface area contributed by atoms with Crippen LogP contribution in [-0.2, 0) is 6.18 Å². The molecule has 0 heterocycles. The number of ether oxygens (including phenoxy) is 1. The van der Waals surface area contributed by atoms with Gasteiger partial charge in [-0.15, -0.1) is 0 Å². The van der Waals surface area contributed by atoms with Crippen molar-refractivity contribution in [3.8, 4) is 11.8 Å². The summed E-state index contributed by atoms with van der Waals surface area (Å²) in [4.78, 5) is 1.75. The van der Waals surface area contributed by atoms with Gasteiger partial charge in [0.2, 0.25) is 0 Å². The van der Waals surface area contributed by atoms with E-state index in [-0.39, 0.29) is 18.9 Å². The fourth-order valence-electron chi connectivity index (χ4n) is 1.70. The number of alkyl halides is 3. The summed E-state index contributed by atoms with van der Waals surface area (Å²) < 4.78 is 42.7. The lowest BCUT2D eigenvalue weighted by molar-refractivity contribution is -0.137. The number of halogens is 3. The average Bonchev–Trinajstić information content (AvgIpc) is 2.42. The molecule has 1 atom stereocenters. The van der Waals surface area contributed by atoms with Crippen LogP contribution < -0.4 is 4.74 Å². The highest BCUT2D eigenvalue weighted by Gasteiger charge is 2.30. The second kappa shape index (κ2) is 7.86. The van der Waals surface area contributed by atoms with Gasteiger partial charge >= 0.3 is 6.18 Å². The SMILES string of the molecule is CN(CCC#N)CC(O)COc1cccc(C(F)(F)F)c1. The zero-order valence-electron chi connectivity index (χ0n) is 11.6. The van der Waals surface area contributed by atoms with E-state index in [4.69, 9.17) is 10.00 Å². The van der Waals surface area contributed by atoms with Crippen molar-refractivity contribution in [1.29, 1.82) is 5.26 Å². The van der Waals surface area contributed by atoms with E-state index in [1.807, 2.05) is 6.07 Å². The van der Waals surface area contributed by atoms with E-state index in [1.54, 1.807) is 11.9 Å². The van der Waals surface area contributed by atoms with Crippen LogP contribution in [0.3, 0.4) is 0 Å². The first-order valence-electron chi connectivity index (χ1n) is 6.36. The normalized spacial score (nSPS) is 13.0. The Balaban J connectivity index is 2.46. The molecular formula is C14H17F3N2O2. The van der Waals surface area contributed by atoms with Crippen LogP contribution >= 0.6 is 0 Å². The molecular weight excluding hydrogens is 285 g/mol. The number of benzene rings is 1. The third-order valence-electron chi connectivity index (χ3n) is 2.73. The largest absolute Gasteiger partial charge is 0.491 e. The summed E-state index contributed by atoms with van der Waals surface area (Å²) in [6, 6.07) is 6.50. The van der Waals surface area contributed by atoms with Crippen LogP contribution in [-0.4, -0.2) is 42.9 Å². The summed E-state index contributed by atoms with van der Waals surface area (Å²) in [5, 5.41) is 18.2. The van der Waals surface area contributed by atoms with Gasteiger partial charge < -0.3 is 14.7 Å². The molecule has 1 aromatic carbocycles. The Bertz CT molecular complexity index is 486. The van der Waals surface area contributed by atoms with Gasteiger partial charge in [0.25, 0.3) is 0 Å². The molecule has 0 spiro atoms. The standard InChI is InChI=1S/C14H17F3N2O2/c1-19(7-3-6-18)9-12(20)10-21-13-5-2-4-11(8-13)14(15,16)17/h2,4-5,8,12,20H,3,7,9-10H2,1H3. The van der Waals surface area contributed by atoms with Gasteiger partial charge in [-0.2, -0.15) is 18.4 Å². The van der Waals surface area contributed by atoms with E-state index in [0.717, 1.165) is 12.1 Å². The van der Waals surface area contributed by atoms with E-state index < -0.39 is 17.8 Å². The lowest BCUT2D eigenvalue weighted by atomic mass is 10.2. The van der Waals surface area contributed by atoms with Crippen LogP contribution in [0.5, 0.6) is 5.75 Å². The molecule has 1 N–H and O–H groups in total. The van der Waals surface area contributed by atoms with E-state index in [0.29, 0.717) is 13.0 Å². The predicted molar refractivity (Wildman–Crippen MR) is 70.7 cm³/mol. The topological polar surface area (TPSA) is 56.5 Å². The average molecular weight is 302 g/mol. The lowest BCUT2D eigenvalue weighted by Gasteiger charge is -2.19. The van der Waals surface area contributed by atoms with E-state index >= 15 is 0 Å². The Kier molecular flexibility index (Phi) is 6.46. The number of nitriles is 1. The number of hydrogen-bond acceptors (Lipinski definition) is 4. The zero-order valence-corrected chi connectivity index (χ0v) is 11.6. The fraction of sp³-hybridized carbons (Fsp3) is 0.500. The minimum Gasteiger partial charge on any atom is -0.491 e. The quantitative estimate of drug-likeness (QED) is 0.839. The van der Waals surface area contributed by atoms with Gasteiger partial charge in [-0.1, -0.05) is 6.07 Å². The number of aliphatic hydroxyl groups is 1. The molecule has 7 heteroatoms. The third-order valence-corrected chi connectivity index (χ3v) is 2.73. The van der Waals surface area contributed by atoms with E-state index in [1.165, 1.54) is 12.1 Å². The molecule has 0 aromatic heterocycles. The summed E-state index contributed by atoms with van der Waals surface area (Å²) in [5.41, 5.74) is -0.791. The summed E-state index contributed by atoms with van der Waals surface area (Å²) in [6.45, 7) is 0.677. The first kappa shape index (κ1) is 17.3. The Morgan fingerprint density at radius 3 is 2.76 bits per heavy atom. The summed E-state index contributed by atoms with van der Waals surface area (Å²) in [7, 11) is 1.74. The number of likely N-dealkylation sites (N-methyl/N-ethyl adjacent to an activating group) is 1. The highest BCUT2D eigenvalue weighted by molar-refractivity contribution is 5.30. The Labute approximate surface area is 121 Å². The van der Waals surface area contributed by atoms with Gasteiger partial charge in [0.05, 0.1) is 11.6 Å². The van der Waals surface area contributed by atoms with Crippen molar-refractivity contribution < 1.29 is 23.0 Å². The van der Waals surface area contributed by atoms with Crippen molar-refractivity contribution in [2.24, 2.45) is 0 Å².